The predicted molar refractivity (Wildman–Crippen MR) is 188 cm³/mol. The number of hydrogen-bond donors (Lipinski definition) is 2. The van der Waals surface area contributed by atoms with Crippen LogP contribution in [-0.2, 0) is 25.7 Å². The van der Waals surface area contributed by atoms with Gasteiger partial charge in [0.2, 0.25) is 0 Å². The SMILES string of the molecule is CC1(C)CC[C@]2(C(=O)O)CC[C@]3(C)C(=CC[C@@H]4[C@@]5(C)CC[C@H](OC(=O)[C@@H](N)COCc6ccccc6)C(C)(C)[C@@H]5CC[C@]43C)[C@@H]2C1.Cl. The highest BCUT2D eigenvalue weighted by molar-refractivity contribution is 5.85. The van der Waals surface area contributed by atoms with Crippen molar-refractivity contribution in [3.05, 3.63) is 47.5 Å². The molecule has 0 bridgehead atoms. The van der Waals surface area contributed by atoms with E-state index in [9.17, 15) is 14.7 Å². The van der Waals surface area contributed by atoms with E-state index in [0.29, 0.717) is 18.4 Å². The van der Waals surface area contributed by atoms with E-state index in [1.807, 2.05) is 30.3 Å². The van der Waals surface area contributed by atoms with Crippen molar-refractivity contribution in [2.24, 2.45) is 56.0 Å². The first kappa shape index (κ1) is 36.4. The molecule has 0 spiro atoms. The van der Waals surface area contributed by atoms with Crippen LogP contribution in [0.15, 0.2) is 42.0 Å². The highest BCUT2D eigenvalue weighted by atomic mass is 35.5. The molecule has 1 aromatic carbocycles. The number of esters is 1. The molecule has 0 unspecified atom stereocenters. The van der Waals surface area contributed by atoms with E-state index in [4.69, 9.17) is 15.2 Å². The molecule has 47 heavy (non-hydrogen) atoms. The van der Waals surface area contributed by atoms with Gasteiger partial charge in [-0.3, -0.25) is 9.59 Å². The van der Waals surface area contributed by atoms with Crippen molar-refractivity contribution in [2.75, 3.05) is 6.61 Å². The topological polar surface area (TPSA) is 98.9 Å². The summed E-state index contributed by atoms with van der Waals surface area (Å²) < 4.78 is 12.0. The Kier molecular flexibility index (Phi) is 9.65. The third-order valence-electron chi connectivity index (χ3n) is 15.0. The van der Waals surface area contributed by atoms with E-state index in [1.165, 1.54) is 5.57 Å². The van der Waals surface area contributed by atoms with Gasteiger partial charge < -0.3 is 20.3 Å². The predicted octanol–water partition coefficient (Wildman–Crippen LogP) is 8.75. The molecule has 6 rings (SSSR count). The maximum absolute atomic E-state index is 13.2. The number of halogens is 1. The van der Waals surface area contributed by atoms with Gasteiger partial charge in [-0.25, -0.2) is 0 Å². The van der Waals surface area contributed by atoms with Crippen molar-refractivity contribution in [2.45, 2.75) is 131 Å². The van der Waals surface area contributed by atoms with Crippen LogP contribution in [-0.4, -0.2) is 35.8 Å². The number of carbonyl (C=O) groups is 2. The summed E-state index contributed by atoms with van der Waals surface area (Å²) in [6.45, 7) is 17.4. The molecule has 0 radical (unpaired) electrons. The van der Waals surface area contributed by atoms with E-state index < -0.39 is 17.4 Å². The van der Waals surface area contributed by atoms with Gasteiger partial charge in [0, 0.05) is 5.41 Å². The van der Waals surface area contributed by atoms with Gasteiger partial charge in [-0.2, -0.15) is 0 Å². The van der Waals surface area contributed by atoms with Crippen LogP contribution in [0.2, 0.25) is 0 Å². The minimum atomic E-state index is -0.807. The van der Waals surface area contributed by atoms with Crippen LogP contribution in [0.3, 0.4) is 0 Å². The first-order chi connectivity index (χ1) is 21.5. The lowest BCUT2D eigenvalue weighted by Crippen LogP contribution is -2.65. The average molecular weight is 670 g/mol. The number of carboxylic acid groups (broad SMARTS) is 1. The fourth-order valence-corrected chi connectivity index (χ4v) is 12.0. The normalized spacial score (nSPS) is 40.6. The molecular weight excluding hydrogens is 610 g/mol. The first-order valence-electron chi connectivity index (χ1n) is 18.0. The molecule has 9 atom stereocenters. The van der Waals surface area contributed by atoms with Crippen LogP contribution in [0.5, 0.6) is 0 Å². The summed E-state index contributed by atoms with van der Waals surface area (Å²) in [5.41, 5.74) is 8.39. The number of nitrogens with two attached hydrogens (primary N) is 1. The number of ether oxygens (including phenoxy) is 2. The Morgan fingerprint density at radius 2 is 1.60 bits per heavy atom. The monoisotopic (exact) mass is 669 g/mol. The van der Waals surface area contributed by atoms with Crippen molar-refractivity contribution in [1.29, 1.82) is 0 Å². The van der Waals surface area contributed by atoms with Crippen LogP contribution < -0.4 is 5.73 Å². The summed E-state index contributed by atoms with van der Waals surface area (Å²) >= 11 is 0. The smallest absolute Gasteiger partial charge is 0.325 e. The largest absolute Gasteiger partial charge is 0.481 e. The van der Waals surface area contributed by atoms with Gasteiger partial charge in [-0.1, -0.05) is 90.4 Å². The molecule has 1 aromatic rings. The van der Waals surface area contributed by atoms with Gasteiger partial charge in [-0.05, 0) is 109 Å². The number of benzene rings is 1. The number of rotatable bonds is 7. The summed E-state index contributed by atoms with van der Waals surface area (Å²) in [7, 11) is 0. The van der Waals surface area contributed by atoms with Crippen molar-refractivity contribution >= 4 is 24.3 Å². The van der Waals surface area contributed by atoms with Gasteiger partial charge in [-0.15, -0.1) is 12.4 Å². The van der Waals surface area contributed by atoms with Crippen LogP contribution in [0, 0.1) is 50.2 Å². The first-order valence-corrected chi connectivity index (χ1v) is 18.0. The van der Waals surface area contributed by atoms with Gasteiger partial charge in [0.1, 0.15) is 12.1 Å². The number of carboxylic acids is 1. The van der Waals surface area contributed by atoms with Gasteiger partial charge in [0.05, 0.1) is 18.6 Å². The average Bonchev–Trinajstić information content (AvgIpc) is 2.99. The summed E-state index contributed by atoms with van der Waals surface area (Å²) in [5, 5.41) is 10.7. The maximum atomic E-state index is 13.2. The van der Waals surface area contributed by atoms with Crippen LogP contribution in [0.25, 0.3) is 0 Å². The Hall–Kier alpha value is -1.89. The highest BCUT2D eigenvalue weighted by Gasteiger charge is 2.69. The van der Waals surface area contributed by atoms with Crippen molar-refractivity contribution in [3.63, 3.8) is 0 Å². The Balaban J connectivity index is 0.00000433. The molecule has 0 heterocycles. The Labute approximate surface area is 289 Å². The molecule has 4 saturated carbocycles. The second kappa shape index (κ2) is 12.5. The summed E-state index contributed by atoms with van der Waals surface area (Å²) in [6.07, 6.45) is 12.0. The number of fused-ring (bicyclic) bond motifs is 7. The molecule has 0 aliphatic heterocycles. The fraction of sp³-hybridized carbons (Fsp3) is 0.750. The van der Waals surface area contributed by atoms with Crippen molar-refractivity contribution in [3.8, 4) is 0 Å². The van der Waals surface area contributed by atoms with Crippen molar-refractivity contribution in [1.82, 2.24) is 0 Å². The zero-order valence-corrected chi connectivity index (χ0v) is 30.7. The second-order valence-electron chi connectivity index (χ2n) is 18.1. The lowest BCUT2D eigenvalue weighted by Gasteiger charge is -2.71. The Morgan fingerprint density at radius 1 is 0.915 bits per heavy atom. The number of hydrogen-bond acceptors (Lipinski definition) is 5. The van der Waals surface area contributed by atoms with Gasteiger partial charge >= 0.3 is 11.9 Å². The van der Waals surface area contributed by atoms with Crippen LogP contribution in [0.1, 0.15) is 118 Å². The summed E-state index contributed by atoms with van der Waals surface area (Å²) in [4.78, 5) is 26.2. The van der Waals surface area contributed by atoms with Crippen LogP contribution in [0.4, 0.5) is 0 Å². The molecule has 6 nitrogen and oxygen atoms in total. The minimum absolute atomic E-state index is 0. The van der Waals surface area contributed by atoms with Gasteiger partial charge in [0.25, 0.3) is 0 Å². The summed E-state index contributed by atoms with van der Waals surface area (Å²) in [5.74, 6) is 0.113. The van der Waals surface area contributed by atoms with Crippen molar-refractivity contribution < 1.29 is 24.2 Å². The molecule has 0 saturated heterocycles. The third-order valence-corrected chi connectivity index (χ3v) is 15.0. The fourth-order valence-electron chi connectivity index (χ4n) is 12.0. The lowest BCUT2D eigenvalue weighted by atomic mass is 9.33. The number of allylic oxidation sites excluding steroid dienone is 2. The molecule has 5 aliphatic carbocycles. The van der Waals surface area contributed by atoms with E-state index in [1.54, 1.807) is 0 Å². The molecule has 7 heteroatoms. The Morgan fingerprint density at radius 3 is 2.28 bits per heavy atom. The maximum Gasteiger partial charge on any atom is 0.325 e. The quantitative estimate of drug-likeness (QED) is 0.223. The Bertz CT molecular complexity index is 1380. The lowest BCUT2D eigenvalue weighted by molar-refractivity contribution is -0.214. The number of carbonyl (C=O) groups excluding carboxylic acids is 1. The van der Waals surface area contributed by atoms with E-state index in [-0.39, 0.29) is 64.1 Å². The van der Waals surface area contributed by atoms with E-state index >= 15 is 0 Å². The zero-order chi connectivity index (χ0) is 33.3. The highest BCUT2D eigenvalue weighted by Crippen LogP contribution is 2.75. The third kappa shape index (κ3) is 5.70. The minimum Gasteiger partial charge on any atom is -0.481 e. The molecule has 0 amide bonds. The molecular formula is C40H60ClNO5. The van der Waals surface area contributed by atoms with Gasteiger partial charge in [0.15, 0.2) is 0 Å². The standard InChI is InChI=1S/C40H59NO5.ClH/c1-35(2)19-21-40(34(43)44)22-20-38(6)27(28(40)23-35)13-14-31-37(5)17-16-32(36(3,4)30(37)15-18-39(31,38)7)46-33(42)29(41)25-45-24-26-11-9-8-10-12-26;/h8-13,28-32H,14-25,41H2,1-7H3,(H,43,44);1H/t28-,29-,30-,31+,32-,37-,38+,39+,40-;/m0./s1. The summed E-state index contributed by atoms with van der Waals surface area (Å²) in [6, 6.07) is 9.10. The van der Waals surface area contributed by atoms with Crippen LogP contribution >= 0.6 is 12.4 Å². The molecule has 262 valence electrons. The van der Waals surface area contributed by atoms with E-state index in [2.05, 4.69) is 54.5 Å². The molecule has 4 fully saturated rings. The zero-order valence-electron chi connectivity index (χ0n) is 29.9. The molecule has 5 aliphatic rings. The number of aliphatic carboxylic acids is 1. The molecule has 3 N–H and O–H groups in total. The van der Waals surface area contributed by atoms with E-state index in [0.717, 1.165) is 69.8 Å². The second-order valence-corrected chi connectivity index (χ2v) is 18.1. The molecule has 0 aromatic heterocycles.